The molecule has 0 aliphatic rings. The summed E-state index contributed by atoms with van der Waals surface area (Å²) in [5, 5.41) is 0. The van der Waals surface area contributed by atoms with E-state index in [2.05, 4.69) is 34.9 Å². The Morgan fingerprint density at radius 2 is 2.21 bits per heavy atom. The molecule has 0 spiro atoms. The highest BCUT2D eigenvalue weighted by molar-refractivity contribution is 5.70. The Morgan fingerprint density at radius 1 is 1.36 bits per heavy atom. The molecule has 74 valence electrons. The van der Waals surface area contributed by atoms with Gasteiger partial charge in [0.05, 0.1) is 11.8 Å². The van der Waals surface area contributed by atoms with Gasteiger partial charge in [0.25, 0.3) is 0 Å². The zero-order valence-corrected chi connectivity index (χ0v) is 8.62. The van der Waals surface area contributed by atoms with Gasteiger partial charge in [-0.05, 0) is 30.4 Å². The average Bonchev–Trinajstić information content (AvgIpc) is 2.61. The van der Waals surface area contributed by atoms with Crippen LogP contribution < -0.4 is 0 Å². The van der Waals surface area contributed by atoms with E-state index in [1.165, 1.54) is 12.0 Å². The SMILES string of the molecule is CC(C)CCc1cnc2nc[nH]c2c1. The van der Waals surface area contributed by atoms with E-state index in [0.717, 1.165) is 23.5 Å². The van der Waals surface area contributed by atoms with Crippen LogP contribution in [-0.4, -0.2) is 15.0 Å². The van der Waals surface area contributed by atoms with Crippen molar-refractivity contribution in [3.63, 3.8) is 0 Å². The molecule has 0 atom stereocenters. The number of aryl methyl sites for hydroxylation is 1. The van der Waals surface area contributed by atoms with Crippen molar-refractivity contribution in [2.75, 3.05) is 0 Å². The summed E-state index contributed by atoms with van der Waals surface area (Å²) in [7, 11) is 0. The maximum absolute atomic E-state index is 4.28. The van der Waals surface area contributed by atoms with Gasteiger partial charge in [-0.25, -0.2) is 9.97 Å². The largest absolute Gasteiger partial charge is 0.343 e. The van der Waals surface area contributed by atoms with E-state index in [-0.39, 0.29) is 0 Å². The van der Waals surface area contributed by atoms with Crippen LogP contribution in [0.5, 0.6) is 0 Å². The van der Waals surface area contributed by atoms with E-state index in [0.29, 0.717) is 0 Å². The Balaban J connectivity index is 2.17. The quantitative estimate of drug-likeness (QED) is 0.806. The van der Waals surface area contributed by atoms with Gasteiger partial charge in [0.1, 0.15) is 0 Å². The van der Waals surface area contributed by atoms with Crippen LogP contribution in [0.3, 0.4) is 0 Å². The highest BCUT2D eigenvalue weighted by Crippen LogP contribution is 2.12. The Kier molecular flexibility index (Phi) is 2.48. The third-order valence-corrected chi connectivity index (χ3v) is 2.34. The number of aromatic nitrogens is 3. The molecule has 1 N–H and O–H groups in total. The predicted octanol–water partition coefficient (Wildman–Crippen LogP) is 2.55. The van der Waals surface area contributed by atoms with Gasteiger partial charge in [-0.1, -0.05) is 13.8 Å². The smallest absolute Gasteiger partial charge is 0.177 e. The molecule has 3 heteroatoms. The summed E-state index contributed by atoms with van der Waals surface area (Å²) < 4.78 is 0. The lowest BCUT2D eigenvalue weighted by atomic mass is 10.0. The Bertz CT molecular complexity index is 417. The zero-order valence-electron chi connectivity index (χ0n) is 8.62. The van der Waals surface area contributed by atoms with Crippen LogP contribution in [0.4, 0.5) is 0 Å². The molecule has 0 bridgehead atoms. The van der Waals surface area contributed by atoms with Crippen molar-refractivity contribution < 1.29 is 0 Å². The van der Waals surface area contributed by atoms with Gasteiger partial charge in [0.2, 0.25) is 0 Å². The zero-order chi connectivity index (χ0) is 9.97. The fourth-order valence-corrected chi connectivity index (χ4v) is 1.46. The highest BCUT2D eigenvalue weighted by Gasteiger charge is 2.01. The molecule has 14 heavy (non-hydrogen) atoms. The number of nitrogens with zero attached hydrogens (tertiary/aromatic N) is 2. The lowest BCUT2D eigenvalue weighted by Crippen LogP contribution is -1.93. The Hall–Kier alpha value is -1.38. The van der Waals surface area contributed by atoms with Gasteiger partial charge in [-0.15, -0.1) is 0 Å². The van der Waals surface area contributed by atoms with Crippen LogP contribution in [0.1, 0.15) is 25.8 Å². The lowest BCUT2D eigenvalue weighted by molar-refractivity contribution is 0.586. The maximum atomic E-state index is 4.28. The second-order valence-electron chi connectivity index (χ2n) is 4.05. The summed E-state index contributed by atoms with van der Waals surface area (Å²) in [6.07, 6.45) is 5.91. The summed E-state index contributed by atoms with van der Waals surface area (Å²) >= 11 is 0. The van der Waals surface area contributed by atoms with Crippen molar-refractivity contribution in [1.29, 1.82) is 0 Å². The van der Waals surface area contributed by atoms with E-state index in [1.54, 1.807) is 6.33 Å². The van der Waals surface area contributed by atoms with E-state index in [4.69, 9.17) is 0 Å². The minimum atomic E-state index is 0.743. The fraction of sp³-hybridized carbons (Fsp3) is 0.455. The van der Waals surface area contributed by atoms with Crippen molar-refractivity contribution in [3.8, 4) is 0 Å². The van der Waals surface area contributed by atoms with Crippen molar-refractivity contribution >= 4 is 11.2 Å². The number of nitrogens with one attached hydrogen (secondary N) is 1. The number of fused-ring (bicyclic) bond motifs is 1. The molecule has 2 heterocycles. The molecule has 0 saturated carbocycles. The van der Waals surface area contributed by atoms with Gasteiger partial charge < -0.3 is 4.98 Å². The third-order valence-electron chi connectivity index (χ3n) is 2.34. The molecule has 0 fully saturated rings. The minimum absolute atomic E-state index is 0.743. The molecule has 0 radical (unpaired) electrons. The van der Waals surface area contributed by atoms with Crippen LogP contribution in [0.15, 0.2) is 18.6 Å². The van der Waals surface area contributed by atoms with E-state index in [1.807, 2.05) is 6.20 Å². The van der Waals surface area contributed by atoms with Gasteiger partial charge in [-0.3, -0.25) is 0 Å². The number of rotatable bonds is 3. The topological polar surface area (TPSA) is 41.6 Å². The molecule has 0 saturated heterocycles. The van der Waals surface area contributed by atoms with Gasteiger partial charge in [0, 0.05) is 6.20 Å². The van der Waals surface area contributed by atoms with Gasteiger partial charge in [0.15, 0.2) is 5.65 Å². The van der Waals surface area contributed by atoms with E-state index >= 15 is 0 Å². The number of aromatic amines is 1. The van der Waals surface area contributed by atoms with Gasteiger partial charge in [-0.2, -0.15) is 0 Å². The number of hydrogen-bond donors (Lipinski definition) is 1. The first-order chi connectivity index (χ1) is 6.75. The van der Waals surface area contributed by atoms with E-state index < -0.39 is 0 Å². The Labute approximate surface area is 83.6 Å². The summed E-state index contributed by atoms with van der Waals surface area (Å²) in [6.45, 7) is 4.48. The van der Waals surface area contributed by atoms with Crippen molar-refractivity contribution in [3.05, 3.63) is 24.2 Å². The van der Waals surface area contributed by atoms with Crippen LogP contribution in [-0.2, 0) is 6.42 Å². The second-order valence-corrected chi connectivity index (χ2v) is 4.05. The predicted molar refractivity (Wildman–Crippen MR) is 57.0 cm³/mol. The summed E-state index contributed by atoms with van der Waals surface area (Å²) in [4.78, 5) is 11.4. The number of hydrogen-bond acceptors (Lipinski definition) is 2. The molecule has 0 aliphatic heterocycles. The minimum Gasteiger partial charge on any atom is -0.343 e. The van der Waals surface area contributed by atoms with E-state index in [9.17, 15) is 0 Å². The second kappa shape index (κ2) is 3.78. The third kappa shape index (κ3) is 1.92. The highest BCUT2D eigenvalue weighted by atomic mass is 14.9. The van der Waals surface area contributed by atoms with Crippen molar-refractivity contribution in [2.24, 2.45) is 5.92 Å². The van der Waals surface area contributed by atoms with Crippen LogP contribution in [0, 0.1) is 5.92 Å². The molecule has 2 aromatic heterocycles. The normalized spacial score (nSPS) is 11.4. The number of H-pyrrole nitrogens is 1. The van der Waals surface area contributed by atoms with Crippen molar-refractivity contribution in [1.82, 2.24) is 15.0 Å². The molecule has 0 aliphatic carbocycles. The van der Waals surface area contributed by atoms with Crippen LogP contribution in [0.25, 0.3) is 11.2 Å². The van der Waals surface area contributed by atoms with Gasteiger partial charge >= 0.3 is 0 Å². The Morgan fingerprint density at radius 3 is 3.00 bits per heavy atom. The molecule has 2 aromatic rings. The molecular weight excluding hydrogens is 174 g/mol. The fourth-order valence-electron chi connectivity index (χ4n) is 1.46. The lowest BCUT2D eigenvalue weighted by Gasteiger charge is -2.03. The molecule has 0 amide bonds. The maximum Gasteiger partial charge on any atom is 0.177 e. The average molecular weight is 189 g/mol. The van der Waals surface area contributed by atoms with Crippen molar-refractivity contribution in [2.45, 2.75) is 26.7 Å². The standard InChI is InChI=1S/C11H15N3/c1-8(2)3-4-9-5-10-11(12-6-9)14-7-13-10/h5-8H,3-4H2,1-2H3,(H,12,13,14). The first-order valence-corrected chi connectivity index (χ1v) is 5.03. The summed E-state index contributed by atoms with van der Waals surface area (Å²) in [5.74, 6) is 0.743. The van der Waals surface area contributed by atoms with Crippen LogP contribution >= 0.6 is 0 Å². The summed E-state index contributed by atoms with van der Waals surface area (Å²) in [5.41, 5.74) is 3.13. The molecule has 0 unspecified atom stereocenters. The number of imidazole rings is 1. The molecule has 2 rings (SSSR count). The first kappa shape index (κ1) is 9.19. The molecular formula is C11H15N3. The molecule has 0 aromatic carbocycles. The summed E-state index contributed by atoms with van der Waals surface area (Å²) in [6, 6.07) is 2.14. The molecule has 3 nitrogen and oxygen atoms in total. The monoisotopic (exact) mass is 189 g/mol. The first-order valence-electron chi connectivity index (χ1n) is 5.03. The van der Waals surface area contributed by atoms with Crippen LogP contribution in [0.2, 0.25) is 0 Å². The number of pyridine rings is 1.